The van der Waals surface area contributed by atoms with Crippen LogP contribution in [0.5, 0.6) is 0 Å². The zero-order valence-corrected chi connectivity index (χ0v) is 16.3. The van der Waals surface area contributed by atoms with Gasteiger partial charge >= 0.3 is 0 Å². The summed E-state index contributed by atoms with van der Waals surface area (Å²) in [4.78, 5) is 16.6. The Morgan fingerprint density at radius 2 is 2.00 bits per heavy atom. The molecular formula is C22H22F2N4O2. The summed E-state index contributed by atoms with van der Waals surface area (Å²) in [7, 11) is 0. The van der Waals surface area contributed by atoms with Crippen LogP contribution in [0.4, 0.5) is 14.5 Å². The molecule has 2 saturated heterocycles. The number of fused-ring (bicyclic) bond motifs is 1. The molecule has 0 unspecified atom stereocenters. The number of aromatic nitrogens is 2. The Morgan fingerprint density at radius 1 is 1.13 bits per heavy atom. The van der Waals surface area contributed by atoms with E-state index in [9.17, 15) is 18.7 Å². The number of aliphatic hydroxyl groups is 1. The van der Waals surface area contributed by atoms with Gasteiger partial charge in [0.15, 0.2) is 0 Å². The minimum Gasteiger partial charge on any atom is -0.391 e. The van der Waals surface area contributed by atoms with E-state index in [2.05, 4.69) is 10.00 Å². The minimum atomic E-state index is -0.488. The van der Waals surface area contributed by atoms with E-state index in [1.54, 1.807) is 21.8 Å². The maximum atomic E-state index is 14.4. The van der Waals surface area contributed by atoms with Crippen molar-refractivity contribution in [3.63, 3.8) is 0 Å². The van der Waals surface area contributed by atoms with Crippen LogP contribution in [0, 0.1) is 11.6 Å². The van der Waals surface area contributed by atoms with Crippen LogP contribution in [0.15, 0.2) is 42.7 Å². The molecule has 2 aromatic heterocycles. The zero-order valence-electron chi connectivity index (χ0n) is 16.3. The number of β-amino-alcohol motifs (C(OH)–C–C–N with tert-alkyl or cyclic N) is 1. The molecule has 0 bridgehead atoms. The van der Waals surface area contributed by atoms with Crippen LogP contribution in [-0.4, -0.2) is 51.3 Å². The number of rotatable bonds is 3. The standard InChI is InChI=1S/C22H22F2N4O2/c23-14-3-4-19(24)17(10-14)20-2-1-7-27(20)15-5-9-28-21(11-15)18(12-25-28)22(30)26-8-6-16(29)13-26/h3-5,9-12,16,20,29H,1-2,6-8,13H2/t16-,20-/m0/s1. The van der Waals surface area contributed by atoms with Crippen molar-refractivity contribution in [1.82, 2.24) is 14.5 Å². The van der Waals surface area contributed by atoms with Crippen LogP contribution < -0.4 is 4.90 Å². The molecule has 0 aliphatic carbocycles. The quantitative estimate of drug-likeness (QED) is 0.718. The Balaban J connectivity index is 1.50. The van der Waals surface area contributed by atoms with Gasteiger partial charge in [-0.15, -0.1) is 0 Å². The fourth-order valence-corrected chi connectivity index (χ4v) is 4.58. The Hall–Kier alpha value is -3.00. The van der Waals surface area contributed by atoms with Gasteiger partial charge in [0.1, 0.15) is 11.6 Å². The molecule has 2 fully saturated rings. The van der Waals surface area contributed by atoms with E-state index in [0.29, 0.717) is 42.7 Å². The summed E-state index contributed by atoms with van der Waals surface area (Å²) in [6, 6.07) is 7.06. The van der Waals surface area contributed by atoms with Crippen LogP contribution in [-0.2, 0) is 0 Å². The summed E-state index contributed by atoms with van der Waals surface area (Å²) in [5.74, 6) is -1.03. The van der Waals surface area contributed by atoms with E-state index in [4.69, 9.17) is 0 Å². The van der Waals surface area contributed by atoms with Gasteiger partial charge in [-0.1, -0.05) is 0 Å². The summed E-state index contributed by atoms with van der Waals surface area (Å²) in [6.07, 6.45) is 4.99. The number of hydrogen-bond donors (Lipinski definition) is 1. The predicted molar refractivity (Wildman–Crippen MR) is 107 cm³/mol. The maximum Gasteiger partial charge on any atom is 0.257 e. The molecule has 2 aliphatic heterocycles. The lowest BCUT2D eigenvalue weighted by Gasteiger charge is -2.27. The van der Waals surface area contributed by atoms with Crippen molar-refractivity contribution in [3.8, 4) is 0 Å². The average molecular weight is 412 g/mol. The first kappa shape index (κ1) is 19.0. The van der Waals surface area contributed by atoms with Crippen molar-refractivity contribution < 1.29 is 18.7 Å². The number of aliphatic hydroxyl groups excluding tert-OH is 1. The van der Waals surface area contributed by atoms with Gasteiger partial charge in [-0.3, -0.25) is 4.79 Å². The number of anilines is 1. The highest BCUT2D eigenvalue weighted by molar-refractivity contribution is 6.01. The molecule has 1 aromatic carbocycles. The second-order valence-electron chi connectivity index (χ2n) is 7.98. The number of hydrogen-bond acceptors (Lipinski definition) is 4. The van der Waals surface area contributed by atoms with Gasteiger partial charge in [0.05, 0.1) is 29.4 Å². The molecule has 0 saturated carbocycles. The largest absolute Gasteiger partial charge is 0.391 e. The fourth-order valence-electron chi connectivity index (χ4n) is 4.58. The summed E-state index contributed by atoms with van der Waals surface area (Å²) in [5, 5.41) is 14.0. The van der Waals surface area contributed by atoms with Gasteiger partial charge in [0.25, 0.3) is 5.91 Å². The first-order chi connectivity index (χ1) is 14.5. The smallest absolute Gasteiger partial charge is 0.257 e. The lowest BCUT2D eigenvalue weighted by Crippen LogP contribution is -2.29. The van der Waals surface area contributed by atoms with Gasteiger partial charge in [-0.05, 0) is 49.6 Å². The lowest BCUT2D eigenvalue weighted by molar-refractivity contribution is 0.0767. The number of amides is 1. The predicted octanol–water partition coefficient (Wildman–Crippen LogP) is 3.16. The third-order valence-corrected chi connectivity index (χ3v) is 6.09. The Kier molecular flexibility index (Phi) is 4.66. The van der Waals surface area contributed by atoms with Gasteiger partial charge in [0.2, 0.25) is 0 Å². The average Bonchev–Trinajstić information content (AvgIpc) is 3.47. The molecule has 30 heavy (non-hydrogen) atoms. The van der Waals surface area contributed by atoms with Crippen molar-refractivity contribution in [3.05, 3.63) is 65.5 Å². The number of carbonyl (C=O) groups excluding carboxylic acids is 1. The number of halogens is 2. The van der Waals surface area contributed by atoms with Crippen LogP contribution in [0.25, 0.3) is 5.52 Å². The highest BCUT2D eigenvalue weighted by Gasteiger charge is 2.30. The van der Waals surface area contributed by atoms with Crippen LogP contribution in [0.2, 0.25) is 0 Å². The monoisotopic (exact) mass is 412 g/mol. The second-order valence-corrected chi connectivity index (χ2v) is 7.98. The van der Waals surface area contributed by atoms with E-state index in [1.807, 2.05) is 12.1 Å². The summed E-state index contributed by atoms with van der Waals surface area (Å²) in [5.41, 5.74) is 2.32. The van der Waals surface area contributed by atoms with Gasteiger partial charge in [-0.2, -0.15) is 5.10 Å². The number of carbonyl (C=O) groups is 1. The van der Waals surface area contributed by atoms with Crippen LogP contribution in [0.3, 0.4) is 0 Å². The van der Waals surface area contributed by atoms with Crippen LogP contribution >= 0.6 is 0 Å². The van der Waals surface area contributed by atoms with E-state index in [0.717, 1.165) is 24.6 Å². The SMILES string of the molecule is O=C(c1cnn2ccc(N3CCC[C@H]3c3cc(F)ccc3F)cc12)N1CC[C@H](O)C1. The topological polar surface area (TPSA) is 61.1 Å². The Morgan fingerprint density at radius 3 is 2.80 bits per heavy atom. The molecule has 6 nitrogen and oxygen atoms in total. The maximum absolute atomic E-state index is 14.4. The number of benzene rings is 1. The third-order valence-electron chi connectivity index (χ3n) is 6.09. The first-order valence-corrected chi connectivity index (χ1v) is 10.2. The first-order valence-electron chi connectivity index (χ1n) is 10.2. The highest BCUT2D eigenvalue weighted by Crippen LogP contribution is 2.38. The number of likely N-dealkylation sites (tertiary alicyclic amines) is 1. The Bertz CT molecular complexity index is 1120. The Labute approximate surface area is 172 Å². The van der Waals surface area contributed by atoms with Crippen LogP contribution in [0.1, 0.15) is 41.2 Å². The number of nitrogens with zero attached hydrogens (tertiary/aromatic N) is 4. The van der Waals surface area contributed by atoms with Gasteiger partial charge in [-0.25, -0.2) is 13.3 Å². The van der Waals surface area contributed by atoms with E-state index in [1.165, 1.54) is 12.1 Å². The van der Waals surface area contributed by atoms with E-state index in [-0.39, 0.29) is 11.9 Å². The van der Waals surface area contributed by atoms with Crippen molar-refractivity contribution in [2.24, 2.45) is 0 Å². The second kappa shape index (κ2) is 7.36. The summed E-state index contributed by atoms with van der Waals surface area (Å²) >= 11 is 0. The molecule has 2 aliphatic rings. The normalized spacial score (nSPS) is 21.7. The van der Waals surface area contributed by atoms with Gasteiger partial charge in [0, 0.05) is 37.1 Å². The van der Waals surface area contributed by atoms with Gasteiger partial charge < -0.3 is 14.9 Å². The molecular weight excluding hydrogens is 390 g/mol. The van der Waals surface area contributed by atoms with Crippen molar-refractivity contribution >= 4 is 17.1 Å². The molecule has 2 atom stereocenters. The molecule has 156 valence electrons. The fraction of sp³-hybridized carbons (Fsp3) is 0.364. The summed E-state index contributed by atoms with van der Waals surface area (Å²) in [6.45, 7) is 1.56. The van der Waals surface area contributed by atoms with Crippen molar-refractivity contribution in [1.29, 1.82) is 0 Å². The van der Waals surface area contributed by atoms with E-state index < -0.39 is 17.7 Å². The van der Waals surface area contributed by atoms with Crippen molar-refractivity contribution in [2.75, 3.05) is 24.5 Å². The highest BCUT2D eigenvalue weighted by atomic mass is 19.1. The lowest BCUT2D eigenvalue weighted by atomic mass is 10.0. The molecule has 1 N–H and O–H groups in total. The number of pyridine rings is 1. The van der Waals surface area contributed by atoms with E-state index >= 15 is 0 Å². The third kappa shape index (κ3) is 3.21. The molecule has 3 aromatic rings. The molecule has 0 spiro atoms. The van der Waals surface area contributed by atoms with Crippen molar-refractivity contribution in [2.45, 2.75) is 31.4 Å². The molecule has 4 heterocycles. The molecule has 1 amide bonds. The molecule has 0 radical (unpaired) electrons. The molecule has 5 rings (SSSR count). The minimum absolute atomic E-state index is 0.159. The molecule has 8 heteroatoms. The summed E-state index contributed by atoms with van der Waals surface area (Å²) < 4.78 is 29.8. The zero-order chi connectivity index (χ0) is 20.8.